The summed E-state index contributed by atoms with van der Waals surface area (Å²) >= 11 is 0. The van der Waals surface area contributed by atoms with Crippen molar-refractivity contribution in [2.75, 3.05) is 0 Å². The first kappa shape index (κ1) is 16.8. The molecular weight excluding hydrogens is 248 g/mol. The number of carbonyl (C=O) groups is 1. The van der Waals surface area contributed by atoms with E-state index < -0.39 is 0 Å². The van der Waals surface area contributed by atoms with Crippen LogP contribution in [0.5, 0.6) is 0 Å². The standard InChI is InChI=1S/C18H28O2/c1-2-14-17-15-12-10-8-6-4-3-5-7-9-11-13-16-18(19)20-17/h4,6,17H,2-3,5,7-9,11,13-16H2,1H3/b6-4-/t17-/m1/s1. The molecule has 2 heteroatoms. The first-order valence-electron chi connectivity index (χ1n) is 8.13. The number of cyclic esters (lactones) is 1. The zero-order valence-electron chi connectivity index (χ0n) is 12.8. The third-order valence-electron chi connectivity index (χ3n) is 3.50. The number of rotatable bonds is 2. The van der Waals surface area contributed by atoms with Crippen molar-refractivity contribution in [2.45, 2.75) is 83.7 Å². The predicted octanol–water partition coefficient (Wildman–Crippen LogP) is 4.78. The van der Waals surface area contributed by atoms with Gasteiger partial charge in [0.25, 0.3) is 0 Å². The van der Waals surface area contributed by atoms with Gasteiger partial charge in [-0.1, -0.05) is 56.6 Å². The van der Waals surface area contributed by atoms with Gasteiger partial charge in [0.1, 0.15) is 6.10 Å². The summed E-state index contributed by atoms with van der Waals surface area (Å²) in [5.74, 6) is 6.24. The average Bonchev–Trinajstić information content (AvgIpc) is 2.42. The predicted molar refractivity (Wildman–Crippen MR) is 83.3 cm³/mol. The molecule has 1 heterocycles. The number of esters is 1. The second-order valence-corrected chi connectivity index (χ2v) is 5.44. The van der Waals surface area contributed by atoms with Crippen molar-refractivity contribution >= 4 is 5.97 Å². The number of allylic oxidation sites excluding steroid dienone is 2. The van der Waals surface area contributed by atoms with Gasteiger partial charge < -0.3 is 4.74 Å². The molecule has 1 aliphatic heterocycles. The molecule has 0 amide bonds. The van der Waals surface area contributed by atoms with E-state index in [1.165, 1.54) is 19.3 Å². The summed E-state index contributed by atoms with van der Waals surface area (Å²) in [5, 5.41) is 0. The van der Waals surface area contributed by atoms with E-state index in [1.807, 2.05) is 0 Å². The molecule has 0 aromatic heterocycles. The lowest BCUT2D eigenvalue weighted by molar-refractivity contribution is -0.149. The minimum Gasteiger partial charge on any atom is -0.461 e. The molecule has 0 aliphatic carbocycles. The van der Waals surface area contributed by atoms with Crippen LogP contribution in [-0.2, 0) is 9.53 Å². The van der Waals surface area contributed by atoms with Crippen LogP contribution in [0.3, 0.4) is 0 Å². The Kier molecular flexibility index (Phi) is 9.74. The molecule has 0 aromatic carbocycles. The number of hydrogen-bond donors (Lipinski definition) is 0. The Morgan fingerprint density at radius 2 is 1.95 bits per heavy atom. The van der Waals surface area contributed by atoms with Crippen LogP contribution in [0.1, 0.15) is 77.6 Å². The van der Waals surface area contributed by atoms with E-state index in [2.05, 4.69) is 30.9 Å². The zero-order chi connectivity index (χ0) is 14.5. The molecule has 1 rings (SSSR count). The Bertz CT molecular complexity index is 346. The number of carbonyl (C=O) groups excluding carboxylic acids is 1. The van der Waals surface area contributed by atoms with E-state index >= 15 is 0 Å². The lowest BCUT2D eigenvalue weighted by Crippen LogP contribution is -2.17. The highest BCUT2D eigenvalue weighted by Gasteiger charge is 2.12. The molecule has 0 saturated carbocycles. The molecule has 0 aromatic rings. The van der Waals surface area contributed by atoms with E-state index in [4.69, 9.17) is 4.74 Å². The van der Waals surface area contributed by atoms with Gasteiger partial charge in [-0.15, -0.1) is 0 Å². The van der Waals surface area contributed by atoms with Crippen molar-refractivity contribution in [1.82, 2.24) is 0 Å². The quantitative estimate of drug-likeness (QED) is 0.412. The second kappa shape index (κ2) is 11.6. The molecule has 20 heavy (non-hydrogen) atoms. The summed E-state index contributed by atoms with van der Waals surface area (Å²) in [6.07, 6.45) is 15.3. The molecule has 0 unspecified atom stereocenters. The highest BCUT2D eigenvalue weighted by molar-refractivity contribution is 5.69. The average molecular weight is 276 g/mol. The van der Waals surface area contributed by atoms with Crippen LogP contribution in [-0.4, -0.2) is 12.1 Å². The van der Waals surface area contributed by atoms with Gasteiger partial charge in [0.15, 0.2) is 0 Å². The smallest absolute Gasteiger partial charge is 0.306 e. The van der Waals surface area contributed by atoms with Crippen LogP contribution < -0.4 is 0 Å². The monoisotopic (exact) mass is 276 g/mol. The van der Waals surface area contributed by atoms with Crippen molar-refractivity contribution in [3.05, 3.63) is 12.2 Å². The molecule has 0 fully saturated rings. The largest absolute Gasteiger partial charge is 0.461 e. The van der Waals surface area contributed by atoms with Crippen molar-refractivity contribution in [1.29, 1.82) is 0 Å². The molecule has 1 aliphatic rings. The molecule has 0 bridgehead atoms. The maximum atomic E-state index is 11.8. The molecule has 0 N–H and O–H groups in total. The Morgan fingerprint density at radius 3 is 2.80 bits per heavy atom. The maximum Gasteiger partial charge on any atom is 0.306 e. The molecule has 2 nitrogen and oxygen atoms in total. The minimum absolute atomic E-state index is 0.0168. The molecule has 1 atom stereocenters. The van der Waals surface area contributed by atoms with Gasteiger partial charge in [0, 0.05) is 19.3 Å². The van der Waals surface area contributed by atoms with Crippen molar-refractivity contribution in [2.24, 2.45) is 0 Å². The van der Waals surface area contributed by atoms with Crippen molar-refractivity contribution in [3.63, 3.8) is 0 Å². The topological polar surface area (TPSA) is 26.3 Å². The second-order valence-electron chi connectivity index (χ2n) is 5.44. The van der Waals surface area contributed by atoms with Gasteiger partial charge in [0.2, 0.25) is 0 Å². The Hall–Kier alpha value is -1.23. The van der Waals surface area contributed by atoms with Crippen molar-refractivity contribution < 1.29 is 9.53 Å². The summed E-state index contributed by atoms with van der Waals surface area (Å²) in [6.45, 7) is 2.11. The summed E-state index contributed by atoms with van der Waals surface area (Å²) < 4.78 is 5.53. The molecule has 112 valence electrons. The molecule has 0 saturated heterocycles. The van der Waals surface area contributed by atoms with Crippen LogP contribution >= 0.6 is 0 Å². The van der Waals surface area contributed by atoms with Gasteiger partial charge in [-0.05, 0) is 25.7 Å². The zero-order valence-corrected chi connectivity index (χ0v) is 12.8. The maximum absolute atomic E-state index is 11.8. The molecule has 0 radical (unpaired) electrons. The summed E-state index contributed by atoms with van der Waals surface area (Å²) in [5.41, 5.74) is 0. The van der Waals surface area contributed by atoms with Gasteiger partial charge in [-0.3, -0.25) is 4.79 Å². The normalized spacial score (nSPS) is 24.2. The third kappa shape index (κ3) is 8.80. The van der Waals surface area contributed by atoms with E-state index in [-0.39, 0.29) is 12.1 Å². The van der Waals surface area contributed by atoms with Gasteiger partial charge in [0.05, 0.1) is 0 Å². The van der Waals surface area contributed by atoms with Crippen LogP contribution in [0.4, 0.5) is 0 Å². The Labute approximate surface area is 124 Å². The highest BCUT2D eigenvalue weighted by Crippen LogP contribution is 2.12. The van der Waals surface area contributed by atoms with Crippen LogP contribution in [0.25, 0.3) is 0 Å². The number of hydrogen-bond acceptors (Lipinski definition) is 2. The minimum atomic E-state index is -0.0442. The van der Waals surface area contributed by atoms with E-state index in [9.17, 15) is 4.79 Å². The fourth-order valence-corrected chi connectivity index (χ4v) is 2.35. The number of ether oxygens (including phenoxy) is 1. The van der Waals surface area contributed by atoms with E-state index in [1.54, 1.807) is 0 Å². The molecule has 0 spiro atoms. The fourth-order valence-electron chi connectivity index (χ4n) is 2.35. The fraction of sp³-hybridized carbons (Fsp3) is 0.722. The van der Waals surface area contributed by atoms with Gasteiger partial charge in [-0.2, -0.15) is 0 Å². The first-order chi connectivity index (χ1) is 9.83. The Balaban J connectivity index is 2.49. The van der Waals surface area contributed by atoms with Crippen LogP contribution in [0.2, 0.25) is 0 Å². The first-order valence-corrected chi connectivity index (χ1v) is 8.13. The third-order valence-corrected chi connectivity index (χ3v) is 3.50. The van der Waals surface area contributed by atoms with E-state index in [0.717, 1.165) is 38.5 Å². The summed E-state index contributed by atoms with van der Waals surface area (Å²) in [6, 6.07) is 0. The van der Waals surface area contributed by atoms with Gasteiger partial charge >= 0.3 is 5.97 Å². The molecular formula is C18H28O2. The lowest BCUT2D eigenvalue weighted by Gasteiger charge is -2.14. The Morgan fingerprint density at radius 1 is 1.15 bits per heavy atom. The lowest BCUT2D eigenvalue weighted by atomic mass is 10.1. The summed E-state index contributed by atoms with van der Waals surface area (Å²) in [7, 11) is 0. The van der Waals surface area contributed by atoms with Crippen LogP contribution in [0.15, 0.2) is 12.2 Å². The summed E-state index contributed by atoms with van der Waals surface area (Å²) in [4.78, 5) is 11.8. The highest BCUT2D eigenvalue weighted by atomic mass is 16.5. The van der Waals surface area contributed by atoms with Crippen molar-refractivity contribution in [3.8, 4) is 11.8 Å². The SMILES string of the molecule is CCC[C@@H]1CC#CC/C=C\CCCCCCCC(=O)O1. The van der Waals surface area contributed by atoms with Gasteiger partial charge in [-0.25, -0.2) is 0 Å². The van der Waals surface area contributed by atoms with Crippen LogP contribution in [0, 0.1) is 11.8 Å². The van der Waals surface area contributed by atoms with E-state index in [0.29, 0.717) is 12.8 Å².